The number of rotatable bonds is 10. The van der Waals surface area contributed by atoms with Gasteiger partial charge in [-0.05, 0) is 38.5 Å². The molecule has 2 atom stereocenters. The molecule has 0 amide bonds. The maximum Gasteiger partial charge on any atom is 0.303 e. The highest BCUT2D eigenvalue weighted by molar-refractivity contribution is 8.77. The number of unbranched alkanes of at least 4 members (excludes halogenated alkanes) is 2. The lowest BCUT2D eigenvalue weighted by Crippen LogP contribution is -2.08. The van der Waals surface area contributed by atoms with Gasteiger partial charge in [0.15, 0.2) is 0 Å². The van der Waals surface area contributed by atoms with E-state index in [1.165, 1.54) is 12.8 Å². The fourth-order valence-corrected chi connectivity index (χ4v) is 8.48. The van der Waals surface area contributed by atoms with Crippen LogP contribution in [0.2, 0.25) is 0 Å². The van der Waals surface area contributed by atoms with Crippen LogP contribution in [-0.4, -0.2) is 44.2 Å². The normalized spacial score (nSPS) is 22.8. The zero-order chi connectivity index (χ0) is 17.6. The predicted molar refractivity (Wildman–Crippen MR) is 109 cm³/mol. The summed E-state index contributed by atoms with van der Waals surface area (Å²) in [5.74, 6) is 0.912. The highest BCUT2D eigenvalue weighted by atomic mass is 33.1. The van der Waals surface area contributed by atoms with Crippen LogP contribution in [0.15, 0.2) is 0 Å². The Morgan fingerprint density at radius 2 is 1.17 bits per heavy atom. The van der Waals surface area contributed by atoms with Crippen molar-refractivity contribution in [2.45, 2.75) is 74.7 Å². The van der Waals surface area contributed by atoms with E-state index in [0.29, 0.717) is 23.3 Å². The van der Waals surface area contributed by atoms with Crippen molar-refractivity contribution < 1.29 is 19.8 Å². The molecule has 1 fully saturated rings. The Kier molecular flexibility index (Phi) is 13.5. The molecule has 140 valence electrons. The first kappa shape index (κ1) is 22.4. The fourth-order valence-electron chi connectivity index (χ4n) is 2.43. The summed E-state index contributed by atoms with van der Waals surface area (Å²) in [7, 11) is 7.88. The third-order valence-corrected chi connectivity index (χ3v) is 9.80. The third-order valence-electron chi connectivity index (χ3n) is 3.79. The highest BCUT2D eigenvalue weighted by Crippen LogP contribution is 2.40. The summed E-state index contributed by atoms with van der Waals surface area (Å²) < 4.78 is 0. The molecule has 2 N–H and O–H groups in total. The summed E-state index contributed by atoms with van der Waals surface area (Å²) in [6, 6.07) is 0. The van der Waals surface area contributed by atoms with Crippen molar-refractivity contribution in [3.8, 4) is 0 Å². The second-order valence-electron chi connectivity index (χ2n) is 5.94. The van der Waals surface area contributed by atoms with E-state index in [0.717, 1.165) is 50.0 Å². The SMILES string of the molecule is O=C(O)CCCCC1CCSSC(CCCCC(=O)O)CCSS1. The van der Waals surface area contributed by atoms with E-state index in [2.05, 4.69) is 0 Å². The number of hydrogen-bond acceptors (Lipinski definition) is 6. The molecule has 4 nitrogen and oxygen atoms in total. The zero-order valence-corrected chi connectivity index (χ0v) is 17.2. The summed E-state index contributed by atoms with van der Waals surface area (Å²) in [5.41, 5.74) is 0. The van der Waals surface area contributed by atoms with Crippen molar-refractivity contribution >= 4 is 55.1 Å². The lowest BCUT2D eigenvalue weighted by molar-refractivity contribution is -0.138. The van der Waals surface area contributed by atoms with Gasteiger partial charge in [-0.3, -0.25) is 9.59 Å². The molecule has 0 radical (unpaired) electrons. The Balaban J connectivity index is 2.16. The van der Waals surface area contributed by atoms with Gasteiger partial charge in [-0.15, -0.1) is 0 Å². The maximum atomic E-state index is 10.5. The summed E-state index contributed by atoms with van der Waals surface area (Å²) in [6.45, 7) is 0. The molecule has 0 aromatic carbocycles. The van der Waals surface area contributed by atoms with Gasteiger partial charge in [0.1, 0.15) is 0 Å². The number of hydrogen-bond donors (Lipinski definition) is 2. The van der Waals surface area contributed by atoms with E-state index >= 15 is 0 Å². The molecule has 24 heavy (non-hydrogen) atoms. The van der Waals surface area contributed by atoms with Crippen LogP contribution in [0.1, 0.15) is 64.2 Å². The molecular weight excluding hydrogens is 384 g/mol. The van der Waals surface area contributed by atoms with Gasteiger partial charge in [-0.1, -0.05) is 56.0 Å². The van der Waals surface area contributed by atoms with Crippen molar-refractivity contribution in [3.05, 3.63) is 0 Å². The molecule has 0 saturated carbocycles. The van der Waals surface area contributed by atoms with Gasteiger partial charge in [0.25, 0.3) is 0 Å². The summed E-state index contributed by atoms with van der Waals surface area (Å²) in [5, 5.41) is 18.7. The zero-order valence-electron chi connectivity index (χ0n) is 14.0. The first-order valence-corrected chi connectivity index (χ1v) is 13.3. The van der Waals surface area contributed by atoms with Gasteiger partial charge in [-0.25, -0.2) is 0 Å². The molecule has 2 unspecified atom stereocenters. The standard InChI is InChI=1S/C16H28O4S4/c17-15(18)7-3-1-5-13-9-11-22-24-14(10-12-21-23-13)6-2-4-8-16(19)20/h13-14H,1-12H2,(H,17,18)(H,19,20). The number of aliphatic carboxylic acids is 2. The Hall–Kier alpha value is 0.340. The molecule has 0 aliphatic carbocycles. The van der Waals surface area contributed by atoms with Gasteiger partial charge in [0.2, 0.25) is 0 Å². The summed E-state index contributed by atoms with van der Waals surface area (Å²) in [4.78, 5) is 21.1. The van der Waals surface area contributed by atoms with Crippen LogP contribution in [0.5, 0.6) is 0 Å². The minimum Gasteiger partial charge on any atom is -0.481 e. The van der Waals surface area contributed by atoms with Crippen molar-refractivity contribution in [3.63, 3.8) is 0 Å². The quantitative estimate of drug-likeness (QED) is 0.356. The summed E-state index contributed by atoms with van der Waals surface area (Å²) >= 11 is 0. The van der Waals surface area contributed by atoms with Gasteiger partial charge < -0.3 is 10.2 Å². The molecule has 1 aliphatic rings. The van der Waals surface area contributed by atoms with Crippen LogP contribution in [0, 0.1) is 0 Å². The van der Waals surface area contributed by atoms with Crippen LogP contribution in [-0.2, 0) is 9.59 Å². The lowest BCUT2D eigenvalue weighted by Gasteiger charge is -2.21. The molecule has 1 aliphatic heterocycles. The van der Waals surface area contributed by atoms with Gasteiger partial charge in [0.05, 0.1) is 0 Å². The predicted octanol–water partition coefficient (Wildman–Crippen LogP) is 5.57. The minimum atomic E-state index is -0.690. The Labute approximate surface area is 160 Å². The first-order valence-electron chi connectivity index (χ1n) is 8.58. The molecular formula is C16H28O4S4. The lowest BCUT2D eigenvalue weighted by atomic mass is 10.1. The summed E-state index contributed by atoms with van der Waals surface area (Å²) in [6.07, 6.45) is 8.79. The largest absolute Gasteiger partial charge is 0.481 e. The highest BCUT2D eigenvalue weighted by Gasteiger charge is 2.16. The van der Waals surface area contributed by atoms with E-state index in [1.54, 1.807) is 0 Å². The fraction of sp³-hybridized carbons (Fsp3) is 0.875. The molecule has 1 rings (SSSR count). The van der Waals surface area contributed by atoms with Crippen molar-refractivity contribution in [2.75, 3.05) is 11.5 Å². The van der Waals surface area contributed by atoms with Crippen LogP contribution in [0.4, 0.5) is 0 Å². The van der Waals surface area contributed by atoms with Crippen molar-refractivity contribution in [2.24, 2.45) is 0 Å². The van der Waals surface area contributed by atoms with E-state index in [4.69, 9.17) is 10.2 Å². The van der Waals surface area contributed by atoms with Crippen molar-refractivity contribution in [1.82, 2.24) is 0 Å². The van der Waals surface area contributed by atoms with E-state index in [9.17, 15) is 9.59 Å². The molecule has 0 aromatic rings. The Bertz CT molecular complexity index is 322. The molecule has 8 heteroatoms. The van der Waals surface area contributed by atoms with Crippen molar-refractivity contribution in [1.29, 1.82) is 0 Å². The third kappa shape index (κ3) is 12.7. The average Bonchev–Trinajstić information content (AvgIpc) is 2.54. The topological polar surface area (TPSA) is 74.6 Å². The van der Waals surface area contributed by atoms with Crippen LogP contribution >= 0.6 is 43.2 Å². The average molecular weight is 413 g/mol. The van der Waals surface area contributed by atoms with E-state index in [1.807, 2.05) is 43.2 Å². The van der Waals surface area contributed by atoms with Crippen LogP contribution < -0.4 is 0 Å². The Morgan fingerprint density at radius 1 is 0.750 bits per heavy atom. The van der Waals surface area contributed by atoms with Gasteiger partial charge in [-0.2, -0.15) is 0 Å². The van der Waals surface area contributed by atoms with Crippen LogP contribution in [0.25, 0.3) is 0 Å². The number of carboxylic acid groups (broad SMARTS) is 2. The second kappa shape index (κ2) is 14.5. The van der Waals surface area contributed by atoms with Gasteiger partial charge in [0, 0.05) is 34.8 Å². The maximum absolute atomic E-state index is 10.5. The number of carboxylic acids is 2. The number of carbonyl (C=O) groups is 2. The molecule has 1 heterocycles. The Morgan fingerprint density at radius 3 is 1.54 bits per heavy atom. The molecule has 0 aromatic heterocycles. The molecule has 1 saturated heterocycles. The van der Waals surface area contributed by atoms with E-state index < -0.39 is 11.9 Å². The first-order chi connectivity index (χ1) is 11.6. The monoisotopic (exact) mass is 412 g/mol. The second-order valence-corrected chi connectivity index (χ2v) is 11.5. The molecule has 0 bridgehead atoms. The van der Waals surface area contributed by atoms with E-state index in [-0.39, 0.29) is 0 Å². The van der Waals surface area contributed by atoms with Crippen LogP contribution in [0.3, 0.4) is 0 Å². The molecule has 0 spiro atoms. The van der Waals surface area contributed by atoms with Gasteiger partial charge >= 0.3 is 11.9 Å². The smallest absolute Gasteiger partial charge is 0.303 e. The minimum absolute atomic E-state index is 0.290.